The highest BCUT2D eigenvalue weighted by atomic mass is 32.2. The van der Waals surface area contributed by atoms with Gasteiger partial charge in [-0.2, -0.15) is 8.78 Å². The van der Waals surface area contributed by atoms with Crippen molar-refractivity contribution in [3.8, 4) is 11.5 Å². The minimum atomic E-state index is -3.71. The van der Waals surface area contributed by atoms with E-state index in [1.807, 2.05) is 0 Å². The maximum atomic E-state index is 14.3. The first-order valence-electron chi connectivity index (χ1n) is 8.24. The number of benzene rings is 1. The summed E-state index contributed by atoms with van der Waals surface area (Å²) in [5.41, 5.74) is 0.193. The first kappa shape index (κ1) is 20.7. The molecule has 0 saturated heterocycles. The van der Waals surface area contributed by atoms with Gasteiger partial charge in [0.2, 0.25) is 15.9 Å². The van der Waals surface area contributed by atoms with Crippen molar-refractivity contribution in [1.29, 1.82) is 0 Å². The van der Waals surface area contributed by atoms with E-state index in [-0.39, 0.29) is 40.6 Å². The number of alkyl halides is 2. The van der Waals surface area contributed by atoms with Gasteiger partial charge in [-0.3, -0.25) is 9.71 Å². The number of pyridine rings is 1. The number of anilines is 1. The van der Waals surface area contributed by atoms with E-state index in [2.05, 4.69) is 19.9 Å². The number of aromatic nitrogens is 3. The Morgan fingerprint density at radius 1 is 1.14 bits per heavy atom. The van der Waals surface area contributed by atoms with E-state index >= 15 is 0 Å². The Balaban J connectivity index is 1.88. The van der Waals surface area contributed by atoms with Gasteiger partial charge < -0.3 is 4.42 Å². The quantitative estimate of drug-likeness (QED) is 0.574. The second-order valence-electron chi connectivity index (χ2n) is 5.85. The highest BCUT2D eigenvalue weighted by Crippen LogP contribution is 2.27. The van der Waals surface area contributed by atoms with Gasteiger partial charge in [0.25, 0.3) is 5.89 Å². The van der Waals surface area contributed by atoms with Gasteiger partial charge in [0.05, 0.1) is 17.0 Å². The molecule has 1 N–H and O–H groups in total. The predicted octanol–water partition coefficient (Wildman–Crippen LogP) is 3.70. The van der Waals surface area contributed by atoms with Gasteiger partial charge in [-0.1, -0.05) is 0 Å². The summed E-state index contributed by atoms with van der Waals surface area (Å²) < 4.78 is 83.7. The number of halogens is 4. The maximum Gasteiger partial charge on any atom is 0.314 e. The Labute approximate surface area is 162 Å². The predicted molar refractivity (Wildman–Crippen MR) is 94.7 cm³/mol. The molecule has 0 aliphatic rings. The van der Waals surface area contributed by atoms with Crippen LogP contribution in [-0.4, -0.2) is 29.4 Å². The van der Waals surface area contributed by atoms with Crippen molar-refractivity contribution in [1.82, 2.24) is 15.2 Å². The van der Waals surface area contributed by atoms with Gasteiger partial charge in [-0.15, -0.1) is 10.2 Å². The molecule has 0 fully saturated rings. The Kier molecular flexibility index (Phi) is 5.82. The highest BCUT2D eigenvalue weighted by molar-refractivity contribution is 7.92. The number of sulfonamides is 1. The lowest BCUT2D eigenvalue weighted by Crippen LogP contribution is -2.17. The molecule has 154 valence electrons. The van der Waals surface area contributed by atoms with Crippen LogP contribution in [0.3, 0.4) is 0 Å². The van der Waals surface area contributed by atoms with Gasteiger partial charge in [0, 0.05) is 23.9 Å². The van der Waals surface area contributed by atoms with E-state index in [1.165, 1.54) is 25.3 Å². The van der Waals surface area contributed by atoms with Crippen molar-refractivity contribution in [2.75, 3.05) is 10.5 Å². The van der Waals surface area contributed by atoms with Crippen LogP contribution in [0.4, 0.5) is 23.2 Å². The van der Waals surface area contributed by atoms with Gasteiger partial charge in [-0.25, -0.2) is 17.2 Å². The first-order valence-corrected chi connectivity index (χ1v) is 9.89. The molecule has 0 aliphatic carbocycles. The molecule has 7 nitrogen and oxygen atoms in total. The number of nitrogens with zero attached hydrogens (tertiary/aromatic N) is 3. The van der Waals surface area contributed by atoms with E-state index in [0.29, 0.717) is 0 Å². The lowest BCUT2D eigenvalue weighted by atomic mass is 10.1. The summed E-state index contributed by atoms with van der Waals surface area (Å²) >= 11 is 0. The van der Waals surface area contributed by atoms with E-state index in [4.69, 9.17) is 4.42 Å². The summed E-state index contributed by atoms with van der Waals surface area (Å²) in [5.74, 6) is -3.60. The lowest BCUT2D eigenvalue weighted by molar-refractivity contribution is 0.116. The highest BCUT2D eigenvalue weighted by Gasteiger charge is 2.19. The smallest absolute Gasteiger partial charge is 0.314 e. The van der Waals surface area contributed by atoms with Crippen molar-refractivity contribution >= 4 is 15.7 Å². The number of nitrogens with one attached hydrogen (secondary N) is 1. The van der Waals surface area contributed by atoms with Crippen LogP contribution in [0.25, 0.3) is 11.5 Å². The molecule has 0 unspecified atom stereocenters. The Bertz CT molecular complexity index is 1120. The molecule has 2 aromatic heterocycles. The fourth-order valence-electron chi connectivity index (χ4n) is 2.38. The van der Waals surface area contributed by atoms with Crippen LogP contribution in [-0.2, 0) is 16.4 Å². The van der Waals surface area contributed by atoms with Gasteiger partial charge in [-0.05, 0) is 31.2 Å². The van der Waals surface area contributed by atoms with Crippen molar-refractivity contribution in [3.05, 3.63) is 59.2 Å². The number of hydrogen-bond acceptors (Lipinski definition) is 6. The molecule has 3 rings (SSSR count). The molecule has 0 spiro atoms. The third-order valence-corrected chi connectivity index (χ3v) is 5.19. The van der Waals surface area contributed by atoms with Crippen molar-refractivity contribution in [2.45, 2.75) is 19.8 Å². The Morgan fingerprint density at radius 2 is 1.90 bits per heavy atom. The minimum Gasteiger partial charge on any atom is -0.415 e. The lowest BCUT2D eigenvalue weighted by Gasteiger charge is -2.13. The largest absolute Gasteiger partial charge is 0.415 e. The summed E-state index contributed by atoms with van der Waals surface area (Å²) in [6, 6.07) is 4.79. The SMILES string of the molecule is CCS(=O)(=O)Nc1ccc(F)c(F)c1Cc1ccc(-c2nnc(C(F)F)o2)cn1. The fraction of sp³-hybridized carbons (Fsp3) is 0.235. The van der Waals surface area contributed by atoms with Crippen LogP contribution in [0.1, 0.15) is 30.5 Å². The molecular formula is C17H14F4N4O3S. The summed E-state index contributed by atoms with van der Waals surface area (Å²) in [6.45, 7) is 1.40. The second kappa shape index (κ2) is 8.15. The summed E-state index contributed by atoms with van der Waals surface area (Å²) in [7, 11) is -3.71. The topological polar surface area (TPSA) is 98.0 Å². The van der Waals surface area contributed by atoms with Crippen LogP contribution >= 0.6 is 0 Å². The molecule has 2 heterocycles. The number of hydrogen-bond donors (Lipinski definition) is 1. The molecule has 0 aliphatic heterocycles. The van der Waals surface area contributed by atoms with E-state index in [1.54, 1.807) is 0 Å². The molecule has 3 aromatic rings. The molecule has 12 heteroatoms. The van der Waals surface area contributed by atoms with Crippen LogP contribution in [0.5, 0.6) is 0 Å². The normalized spacial score (nSPS) is 11.8. The van der Waals surface area contributed by atoms with E-state index in [9.17, 15) is 26.0 Å². The fourth-order valence-corrected chi connectivity index (χ4v) is 3.05. The summed E-state index contributed by atoms with van der Waals surface area (Å²) in [4.78, 5) is 4.05. The van der Waals surface area contributed by atoms with Crippen LogP contribution in [0.15, 0.2) is 34.9 Å². The molecule has 1 aromatic carbocycles. The zero-order valence-corrected chi connectivity index (χ0v) is 15.7. The Hall–Kier alpha value is -3.02. The second-order valence-corrected chi connectivity index (χ2v) is 7.87. The van der Waals surface area contributed by atoms with Crippen LogP contribution in [0, 0.1) is 11.6 Å². The molecular weight excluding hydrogens is 416 g/mol. The molecule has 0 atom stereocenters. The third-order valence-electron chi connectivity index (χ3n) is 3.90. The zero-order chi connectivity index (χ0) is 21.2. The Morgan fingerprint density at radius 3 is 2.48 bits per heavy atom. The molecule has 0 amide bonds. The first-order chi connectivity index (χ1) is 13.7. The molecule has 0 saturated carbocycles. The van der Waals surface area contributed by atoms with Gasteiger partial charge in [0.1, 0.15) is 0 Å². The van der Waals surface area contributed by atoms with Gasteiger partial charge >= 0.3 is 6.43 Å². The van der Waals surface area contributed by atoms with Crippen LogP contribution < -0.4 is 4.72 Å². The summed E-state index contributed by atoms with van der Waals surface area (Å²) in [5, 5.41) is 6.69. The van der Waals surface area contributed by atoms with E-state index in [0.717, 1.165) is 12.1 Å². The van der Waals surface area contributed by atoms with Crippen molar-refractivity contribution < 1.29 is 30.4 Å². The zero-order valence-electron chi connectivity index (χ0n) is 14.9. The van der Waals surface area contributed by atoms with E-state index < -0.39 is 34.0 Å². The minimum absolute atomic E-state index is 0.102. The third kappa shape index (κ3) is 4.70. The monoisotopic (exact) mass is 430 g/mol. The van der Waals surface area contributed by atoms with Gasteiger partial charge in [0.15, 0.2) is 11.6 Å². The van der Waals surface area contributed by atoms with Crippen LogP contribution in [0.2, 0.25) is 0 Å². The van der Waals surface area contributed by atoms with Crippen molar-refractivity contribution in [2.24, 2.45) is 0 Å². The summed E-state index contributed by atoms with van der Waals surface area (Å²) in [6.07, 6.45) is -1.90. The average molecular weight is 430 g/mol. The molecule has 0 radical (unpaired) electrons. The van der Waals surface area contributed by atoms with Crippen molar-refractivity contribution in [3.63, 3.8) is 0 Å². The standard InChI is InChI=1S/C17H14F4N4O3S/c1-2-29(26,27)25-13-6-5-12(18)14(19)11(13)7-10-4-3-9(8-22-10)16-23-24-17(28-16)15(20)21/h3-6,8,15,25H,2,7H2,1H3. The number of rotatable bonds is 7. The molecule has 0 bridgehead atoms. The average Bonchev–Trinajstić information content (AvgIpc) is 3.18. The maximum absolute atomic E-state index is 14.3. The molecule has 29 heavy (non-hydrogen) atoms.